The van der Waals surface area contributed by atoms with Crippen LogP contribution in [0.3, 0.4) is 0 Å². The van der Waals surface area contributed by atoms with Gasteiger partial charge in [-0.2, -0.15) is 0 Å². The molecule has 7 nitrogen and oxygen atoms in total. The lowest BCUT2D eigenvalue weighted by molar-refractivity contribution is -0.0457. The van der Waals surface area contributed by atoms with Gasteiger partial charge in [-0.15, -0.1) is 0 Å². The SMILES string of the molecule is Nc1ncnc2c1c(I)cn2[C@@H]1O[C@H](CO)C(O)[C@H]1F. The minimum atomic E-state index is -1.66. The van der Waals surface area contributed by atoms with Crippen LogP contribution in [0.15, 0.2) is 12.5 Å². The molecule has 1 unspecified atom stereocenters. The van der Waals surface area contributed by atoms with Crippen molar-refractivity contribution in [2.24, 2.45) is 0 Å². The zero-order valence-corrected chi connectivity index (χ0v) is 12.3. The van der Waals surface area contributed by atoms with Crippen molar-refractivity contribution in [1.82, 2.24) is 14.5 Å². The molecule has 0 spiro atoms. The second kappa shape index (κ2) is 5.06. The van der Waals surface area contributed by atoms with E-state index in [0.717, 1.165) is 3.57 Å². The number of aromatic nitrogens is 3. The summed E-state index contributed by atoms with van der Waals surface area (Å²) in [5, 5.41) is 19.4. The molecule has 1 saturated heterocycles. The van der Waals surface area contributed by atoms with E-state index in [4.69, 9.17) is 15.6 Å². The summed E-state index contributed by atoms with van der Waals surface area (Å²) in [5.74, 6) is 0.297. The summed E-state index contributed by atoms with van der Waals surface area (Å²) < 4.78 is 21.8. The third-order valence-electron chi connectivity index (χ3n) is 3.34. The number of rotatable bonds is 2. The van der Waals surface area contributed by atoms with E-state index >= 15 is 0 Å². The molecular weight excluding hydrogens is 382 g/mol. The van der Waals surface area contributed by atoms with Gasteiger partial charge in [0.25, 0.3) is 0 Å². The minimum Gasteiger partial charge on any atom is -0.394 e. The molecule has 0 saturated carbocycles. The molecule has 2 aromatic rings. The molecule has 0 aliphatic carbocycles. The maximum absolute atomic E-state index is 14.2. The Hall–Kier alpha value is -1.04. The van der Waals surface area contributed by atoms with Crippen LogP contribution in [0.5, 0.6) is 0 Å². The average molecular weight is 394 g/mol. The van der Waals surface area contributed by atoms with Crippen molar-refractivity contribution in [3.63, 3.8) is 0 Å². The summed E-state index contributed by atoms with van der Waals surface area (Å²) in [6, 6.07) is 0. The summed E-state index contributed by atoms with van der Waals surface area (Å²) >= 11 is 2.05. The van der Waals surface area contributed by atoms with Crippen molar-refractivity contribution < 1.29 is 19.3 Å². The van der Waals surface area contributed by atoms with Gasteiger partial charge in [-0.05, 0) is 22.6 Å². The first-order valence-electron chi connectivity index (χ1n) is 5.89. The summed E-state index contributed by atoms with van der Waals surface area (Å²) in [7, 11) is 0. The molecule has 4 atom stereocenters. The van der Waals surface area contributed by atoms with Crippen molar-refractivity contribution in [1.29, 1.82) is 0 Å². The second-order valence-electron chi connectivity index (χ2n) is 4.52. The van der Waals surface area contributed by atoms with Crippen LogP contribution in [0.1, 0.15) is 6.23 Å². The number of fused-ring (bicyclic) bond motifs is 1. The summed E-state index contributed by atoms with van der Waals surface area (Å²) in [6.45, 7) is -0.453. The minimum absolute atomic E-state index is 0.297. The van der Waals surface area contributed by atoms with Gasteiger partial charge in [0.15, 0.2) is 12.4 Å². The molecule has 0 bridgehead atoms. The zero-order valence-electron chi connectivity index (χ0n) is 10.1. The summed E-state index contributed by atoms with van der Waals surface area (Å²) in [5.41, 5.74) is 6.22. The van der Waals surface area contributed by atoms with Crippen LogP contribution in [0, 0.1) is 3.57 Å². The van der Waals surface area contributed by atoms with Gasteiger partial charge in [0, 0.05) is 9.77 Å². The number of halogens is 2. The fourth-order valence-corrected chi connectivity index (χ4v) is 3.15. The molecule has 0 radical (unpaired) electrons. The molecule has 1 aliphatic heterocycles. The predicted molar refractivity (Wildman–Crippen MR) is 76.6 cm³/mol. The highest BCUT2D eigenvalue weighted by atomic mass is 127. The van der Waals surface area contributed by atoms with E-state index in [0.29, 0.717) is 16.9 Å². The summed E-state index contributed by atoms with van der Waals surface area (Å²) in [6.07, 6.45) is -2.12. The molecular formula is C11H12FIN4O3. The van der Waals surface area contributed by atoms with E-state index in [9.17, 15) is 9.50 Å². The quantitative estimate of drug-likeness (QED) is 0.629. The van der Waals surface area contributed by atoms with Gasteiger partial charge < -0.3 is 25.3 Å². The average Bonchev–Trinajstić information content (AvgIpc) is 2.90. The number of anilines is 1. The van der Waals surface area contributed by atoms with E-state index in [1.54, 1.807) is 6.20 Å². The van der Waals surface area contributed by atoms with Crippen LogP contribution >= 0.6 is 22.6 Å². The fraction of sp³-hybridized carbons (Fsp3) is 0.455. The Morgan fingerprint density at radius 1 is 1.50 bits per heavy atom. The molecule has 3 heterocycles. The van der Waals surface area contributed by atoms with Crippen LogP contribution in [-0.4, -0.2) is 49.7 Å². The largest absolute Gasteiger partial charge is 0.394 e. The van der Waals surface area contributed by atoms with E-state index < -0.39 is 31.2 Å². The Labute approximate surface area is 126 Å². The van der Waals surface area contributed by atoms with Crippen molar-refractivity contribution in [2.45, 2.75) is 24.6 Å². The van der Waals surface area contributed by atoms with Crippen LogP contribution < -0.4 is 5.73 Å². The van der Waals surface area contributed by atoms with E-state index in [-0.39, 0.29) is 0 Å². The smallest absolute Gasteiger partial charge is 0.173 e. The van der Waals surface area contributed by atoms with Gasteiger partial charge in [-0.1, -0.05) is 0 Å². The van der Waals surface area contributed by atoms with E-state index in [2.05, 4.69) is 9.97 Å². The Kier molecular flexibility index (Phi) is 3.52. The first-order valence-corrected chi connectivity index (χ1v) is 6.97. The van der Waals surface area contributed by atoms with Crippen LogP contribution in [0.2, 0.25) is 0 Å². The van der Waals surface area contributed by atoms with Crippen molar-refractivity contribution in [3.8, 4) is 0 Å². The summed E-state index contributed by atoms with van der Waals surface area (Å²) in [4.78, 5) is 7.99. The van der Waals surface area contributed by atoms with Crippen LogP contribution in [0.4, 0.5) is 10.2 Å². The number of alkyl halides is 1. The third-order valence-corrected chi connectivity index (χ3v) is 4.16. The number of ether oxygens (including phenoxy) is 1. The topological polar surface area (TPSA) is 106 Å². The van der Waals surface area contributed by atoms with E-state index in [1.165, 1.54) is 10.9 Å². The predicted octanol–water partition coefficient (Wildman–Crippen LogP) is 0.207. The lowest BCUT2D eigenvalue weighted by Gasteiger charge is -2.15. The van der Waals surface area contributed by atoms with Gasteiger partial charge in [-0.3, -0.25) is 0 Å². The van der Waals surface area contributed by atoms with Crippen molar-refractivity contribution >= 4 is 39.4 Å². The molecule has 20 heavy (non-hydrogen) atoms. The first kappa shape index (κ1) is 13.9. The molecule has 1 fully saturated rings. The lowest BCUT2D eigenvalue weighted by Crippen LogP contribution is -2.30. The highest BCUT2D eigenvalue weighted by molar-refractivity contribution is 14.1. The monoisotopic (exact) mass is 394 g/mol. The standard InChI is InChI=1S/C11H12FIN4O3/c12-7-8(19)5(2-18)20-11(7)17-1-4(13)6-9(14)15-3-16-10(6)17/h1,3,5,7-8,11,18-19H,2H2,(H2,14,15,16)/t5-,7-,8?,11-/m1/s1. The molecule has 2 aromatic heterocycles. The van der Waals surface area contributed by atoms with Gasteiger partial charge in [0.1, 0.15) is 30.0 Å². The number of aliphatic hydroxyl groups is 2. The van der Waals surface area contributed by atoms with Gasteiger partial charge >= 0.3 is 0 Å². The third kappa shape index (κ3) is 1.96. The van der Waals surface area contributed by atoms with Gasteiger partial charge in [0.05, 0.1) is 12.0 Å². The van der Waals surface area contributed by atoms with Gasteiger partial charge in [0.2, 0.25) is 0 Å². The molecule has 0 amide bonds. The zero-order chi connectivity index (χ0) is 14.4. The lowest BCUT2D eigenvalue weighted by atomic mass is 10.1. The number of aliphatic hydroxyl groups excluding tert-OH is 2. The number of hydrogen-bond donors (Lipinski definition) is 3. The highest BCUT2D eigenvalue weighted by Gasteiger charge is 2.45. The molecule has 9 heteroatoms. The van der Waals surface area contributed by atoms with Crippen LogP contribution in [0.25, 0.3) is 11.0 Å². The number of nitrogens with two attached hydrogens (primary N) is 1. The Balaban J connectivity index is 2.10. The van der Waals surface area contributed by atoms with E-state index in [1.807, 2.05) is 22.6 Å². The first-order chi connectivity index (χ1) is 9.54. The fourth-order valence-electron chi connectivity index (χ4n) is 2.33. The normalized spacial score (nSPS) is 30.2. The molecule has 4 N–H and O–H groups in total. The number of hydrogen-bond acceptors (Lipinski definition) is 6. The van der Waals surface area contributed by atoms with Crippen molar-refractivity contribution in [3.05, 3.63) is 16.1 Å². The number of nitrogens with zero attached hydrogens (tertiary/aromatic N) is 3. The molecule has 108 valence electrons. The van der Waals surface area contributed by atoms with Crippen LogP contribution in [-0.2, 0) is 4.74 Å². The van der Waals surface area contributed by atoms with Gasteiger partial charge in [-0.25, -0.2) is 14.4 Å². The maximum atomic E-state index is 14.2. The van der Waals surface area contributed by atoms with Crippen molar-refractivity contribution in [2.75, 3.05) is 12.3 Å². The Morgan fingerprint density at radius 3 is 2.90 bits per heavy atom. The highest BCUT2D eigenvalue weighted by Crippen LogP contribution is 2.36. The molecule has 1 aliphatic rings. The second-order valence-corrected chi connectivity index (χ2v) is 5.69. The molecule has 0 aromatic carbocycles. The number of nitrogen functional groups attached to an aromatic ring is 1. The molecule has 3 rings (SSSR count). The Bertz CT molecular complexity index is 652. The maximum Gasteiger partial charge on any atom is 0.173 e. The Morgan fingerprint density at radius 2 is 2.25 bits per heavy atom.